The summed E-state index contributed by atoms with van der Waals surface area (Å²) in [5.41, 5.74) is 10.3. The van der Waals surface area contributed by atoms with Crippen LogP contribution < -0.4 is 0 Å². The van der Waals surface area contributed by atoms with Crippen molar-refractivity contribution in [3.8, 4) is 22.7 Å². The molecule has 0 spiro atoms. The van der Waals surface area contributed by atoms with E-state index in [0.29, 0.717) is 16.6 Å². The zero-order chi connectivity index (χ0) is 18.6. The molecule has 0 fully saturated rings. The summed E-state index contributed by atoms with van der Waals surface area (Å²) in [4.78, 5) is 4.54. The topological polar surface area (TPSA) is 12.9 Å². The Kier molecular flexibility index (Phi) is 6.24. The fourth-order valence-electron chi connectivity index (χ4n) is 4.11. The minimum atomic E-state index is -1.73. The van der Waals surface area contributed by atoms with E-state index in [0.717, 1.165) is 16.8 Å². The number of aryl methyl sites for hydroxylation is 1. The van der Waals surface area contributed by atoms with Crippen LogP contribution in [0, 0.1) is 18.4 Å². The van der Waals surface area contributed by atoms with Crippen LogP contribution >= 0.6 is 0 Å². The van der Waals surface area contributed by atoms with Gasteiger partial charge in [0.2, 0.25) is 0 Å². The Hall–Kier alpha value is -1.85. The van der Waals surface area contributed by atoms with Gasteiger partial charge in [0.05, 0.1) is 5.69 Å². The van der Waals surface area contributed by atoms with Crippen molar-refractivity contribution in [2.24, 2.45) is 0 Å². The maximum Gasteiger partial charge on any atom is 0.146 e. The third kappa shape index (κ3) is 4.04. The Labute approximate surface area is 154 Å². The number of aromatic nitrogens is 1. The average Bonchev–Trinajstić information content (AvgIpc) is 2.56. The lowest BCUT2D eigenvalue weighted by Crippen LogP contribution is -2.43. The molecule has 0 N–H and O–H groups in total. The summed E-state index contributed by atoms with van der Waals surface area (Å²) in [7, 11) is -1.73. The van der Waals surface area contributed by atoms with Crippen LogP contribution in [0.1, 0.15) is 52.7 Å². The largest absolute Gasteiger partial charge is 0.256 e. The second-order valence-electron chi connectivity index (χ2n) is 7.91. The second kappa shape index (κ2) is 8.02. The van der Waals surface area contributed by atoms with Crippen molar-refractivity contribution in [3.05, 3.63) is 53.7 Å². The van der Waals surface area contributed by atoms with Crippen molar-refractivity contribution < 1.29 is 0 Å². The van der Waals surface area contributed by atoms with E-state index in [1.807, 2.05) is 18.3 Å². The number of rotatable bonds is 4. The monoisotopic (exact) mass is 349 g/mol. The molecule has 1 nitrogen and oxygen atoms in total. The van der Waals surface area contributed by atoms with E-state index in [1.54, 1.807) is 0 Å². The van der Waals surface area contributed by atoms with Gasteiger partial charge in [-0.25, -0.2) is 0 Å². The van der Waals surface area contributed by atoms with Crippen molar-refractivity contribution in [3.63, 3.8) is 0 Å². The van der Waals surface area contributed by atoms with Gasteiger partial charge in [-0.2, -0.15) is 0 Å². The number of nitrogens with zero attached hydrogens (tertiary/aromatic N) is 1. The molecule has 132 valence electrons. The third-order valence-electron chi connectivity index (χ3n) is 5.40. The highest BCUT2D eigenvalue weighted by molar-refractivity contribution is 6.90. The highest BCUT2D eigenvalue weighted by atomic mass is 28.3. The maximum absolute atomic E-state index is 4.54. The second-order valence-corrected chi connectivity index (χ2v) is 13.5. The number of pyridine rings is 1. The zero-order valence-electron chi connectivity index (χ0n) is 16.7. The first-order valence-corrected chi connectivity index (χ1v) is 11.6. The molecular formula is C23H31NSi. The van der Waals surface area contributed by atoms with Crippen LogP contribution in [-0.4, -0.2) is 13.1 Å². The summed E-state index contributed by atoms with van der Waals surface area (Å²) in [5.74, 6) is 3.60. The quantitative estimate of drug-likeness (QED) is 0.446. The Morgan fingerprint density at radius 1 is 0.880 bits per heavy atom. The van der Waals surface area contributed by atoms with Crippen LogP contribution in [0.25, 0.3) is 11.3 Å². The van der Waals surface area contributed by atoms with Gasteiger partial charge in [-0.3, -0.25) is 4.98 Å². The van der Waals surface area contributed by atoms with E-state index in [2.05, 4.69) is 89.2 Å². The van der Waals surface area contributed by atoms with Gasteiger partial charge in [0.25, 0.3) is 0 Å². The number of benzene rings is 1. The van der Waals surface area contributed by atoms with Crippen LogP contribution in [0.15, 0.2) is 42.6 Å². The summed E-state index contributed by atoms with van der Waals surface area (Å²) >= 11 is 0. The first kappa shape index (κ1) is 19.5. The molecule has 0 unspecified atom stereocenters. The molecular weight excluding hydrogens is 318 g/mol. The van der Waals surface area contributed by atoms with E-state index >= 15 is 0 Å². The molecule has 0 aliphatic carbocycles. The van der Waals surface area contributed by atoms with Gasteiger partial charge in [0, 0.05) is 17.3 Å². The lowest BCUT2D eigenvalue weighted by Gasteiger charge is -2.38. The van der Waals surface area contributed by atoms with Crippen LogP contribution in [0.3, 0.4) is 0 Å². The standard InChI is InChI=1S/C23H31NSi/c1-17(2)25(18(3)4,19(5)6)15-13-21-12-11-20(7)16-22(21)23-10-8-9-14-24-23/h8-12,14,16-19H,1-7H3. The Balaban J connectivity index is 2.60. The molecule has 0 atom stereocenters. The van der Waals surface area contributed by atoms with Crippen LogP contribution in [0.4, 0.5) is 0 Å². The molecule has 2 heteroatoms. The smallest absolute Gasteiger partial charge is 0.146 e. The fourth-order valence-corrected chi connectivity index (χ4v) is 9.33. The van der Waals surface area contributed by atoms with Crippen LogP contribution in [-0.2, 0) is 0 Å². The summed E-state index contributed by atoms with van der Waals surface area (Å²) in [5, 5.41) is 0. The van der Waals surface area contributed by atoms with Gasteiger partial charge in [0.15, 0.2) is 0 Å². The molecule has 1 aromatic heterocycles. The SMILES string of the molecule is Cc1ccc(C#C[Si](C(C)C)(C(C)C)C(C)C)c(-c2ccccn2)c1. The molecule has 1 heterocycles. The van der Waals surface area contributed by atoms with Gasteiger partial charge in [-0.05, 0) is 47.8 Å². The summed E-state index contributed by atoms with van der Waals surface area (Å²) < 4.78 is 0. The highest BCUT2D eigenvalue weighted by Crippen LogP contribution is 2.41. The lowest BCUT2D eigenvalue weighted by atomic mass is 10.0. The van der Waals surface area contributed by atoms with Gasteiger partial charge in [0.1, 0.15) is 8.07 Å². The molecule has 0 bridgehead atoms. The van der Waals surface area contributed by atoms with Crippen molar-refractivity contribution in [2.75, 3.05) is 0 Å². The van der Waals surface area contributed by atoms with Gasteiger partial charge in [-0.15, -0.1) is 5.54 Å². The normalized spacial score (nSPS) is 11.8. The van der Waals surface area contributed by atoms with Crippen molar-refractivity contribution >= 4 is 8.07 Å². The highest BCUT2D eigenvalue weighted by Gasteiger charge is 2.41. The first-order chi connectivity index (χ1) is 11.8. The molecule has 0 radical (unpaired) electrons. The minimum Gasteiger partial charge on any atom is -0.256 e. The molecule has 0 amide bonds. The fraction of sp³-hybridized carbons (Fsp3) is 0.435. The summed E-state index contributed by atoms with van der Waals surface area (Å²) in [6.07, 6.45) is 1.85. The molecule has 0 aliphatic heterocycles. The Morgan fingerprint density at radius 3 is 2.04 bits per heavy atom. The van der Waals surface area contributed by atoms with Crippen molar-refractivity contribution in [1.82, 2.24) is 4.98 Å². The van der Waals surface area contributed by atoms with Gasteiger partial charge >= 0.3 is 0 Å². The van der Waals surface area contributed by atoms with Crippen molar-refractivity contribution in [2.45, 2.75) is 65.1 Å². The van der Waals surface area contributed by atoms with E-state index < -0.39 is 8.07 Å². The number of hydrogen-bond acceptors (Lipinski definition) is 1. The van der Waals surface area contributed by atoms with E-state index in [1.165, 1.54) is 5.56 Å². The zero-order valence-corrected chi connectivity index (χ0v) is 17.7. The van der Waals surface area contributed by atoms with E-state index in [-0.39, 0.29) is 0 Å². The first-order valence-electron chi connectivity index (χ1n) is 9.34. The predicted molar refractivity (Wildman–Crippen MR) is 112 cm³/mol. The number of hydrogen-bond donors (Lipinski definition) is 0. The molecule has 25 heavy (non-hydrogen) atoms. The lowest BCUT2D eigenvalue weighted by molar-refractivity contribution is 0.838. The third-order valence-corrected chi connectivity index (χ3v) is 11.7. The minimum absolute atomic E-state index is 0.642. The summed E-state index contributed by atoms with van der Waals surface area (Å²) in [6.45, 7) is 16.3. The molecule has 1 aromatic carbocycles. The van der Waals surface area contributed by atoms with Gasteiger partial charge in [-0.1, -0.05) is 65.2 Å². The molecule has 0 saturated heterocycles. The molecule has 2 rings (SSSR count). The average molecular weight is 350 g/mol. The van der Waals surface area contributed by atoms with E-state index in [9.17, 15) is 0 Å². The summed E-state index contributed by atoms with van der Waals surface area (Å²) in [6, 6.07) is 12.6. The molecule has 2 aromatic rings. The Morgan fingerprint density at radius 2 is 1.52 bits per heavy atom. The predicted octanol–water partition coefficient (Wildman–Crippen LogP) is 6.63. The van der Waals surface area contributed by atoms with E-state index in [4.69, 9.17) is 0 Å². The van der Waals surface area contributed by atoms with Crippen LogP contribution in [0.5, 0.6) is 0 Å². The Bertz CT molecular complexity index is 742. The van der Waals surface area contributed by atoms with Crippen LogP contribution in [0.2, 0.25) is 16.6 Å². The molecule has 0 aliphatic rings. The van der Waals surface area contributed by atoms with Crippen molar-refractivity contribution in [1.29, 1.82) is 0 Å². The maximum atomic E-state index is 4.54. The van der Waals surface area contributed by atoms with Gasteiger partial charge < -0.3 is 0 Å². The molecule has 0 saturated carbocycles.